The first-order valence-corrected chi connectivity index (χ1v) is 9.12. The molecule has 2 aliphatic heterocycles. The molecule has 3 N–H and O–H groups in total. The van der Waals surface area contributed by atoms with E-state index in [0.717, 1.165) is 30.1 Å². The lowest BCUT2D eigenvalue weighted by atomic mass is 10.1. The molecule has 3 rings (SSSR count). The Labute approximate surface area is 157 Å². The van der Waals surface area contributed by atoms with Crippen LogP contribution in [-0.2, 0) is 9.59 Å². The lowest BCUT2D eigenvalue weighted by Crippen LogP contribution is -2.35. The van der Waals surface area contributed by atoms with Gasteiger partial charge in [0.2, 0.25) is 11.8 Å². The normalized spacial score (nSPS) is 22.3. The molecule has 0 saturated carbocycles. The van der Waals surface area contributed by atoms with Gasteiger partial charge in [0.1, 0.15) is 0 Å². The third kappa shape index (κ3) is 5.02. The van der Waals surface area contributed by atoms with Crippen molar-refractivity contribution in [2.45, 2.75) is 29.4 Å². The lowest BCUT2D eigenvalue weighted by molar-refractivity contribution is -0.124. The number of hydrogen-bond acceptors (Lipinski definition) is 4. The van der Waals surface area contributed by atoms with Gasteiger partial charge in [-0.3, -0.25) is 9.59 Å². The van der Waals surface area contributed by atoms with Crippen molar-refractivity contribution >= 4 is 53.3 Å². The molecule has 0 spiro atoms. The Morgan fingerprint density at radius 2 is 2.25 bits per heavy atom. The monoisotopic (exact) mass is 389 g/mol. The third-order valence-electron chi connectivity index (χ3n) is 4.17. The van der Waals surface area contributed by atoms with Crippen molar-refractivity contribution in [2.75, 3.05) is 25.0 Å². The van der Waals surface area contributed by atoms with E-state index >= 15 is 0 Å². The van der Waals surface area contributed by atoms with Crippen molar-refractivity contribution in [2.24, 2.45) is 5.92 Å². The van der Waals surface area contributed by atoms with Crippen molar-refractivity contribution in [3.63, 3.8) is 0 Å². The molecule has 0 bridgehead atoms. The Hall–Kier alpha value is -0.950. The van der Waals surface area contributed by atoms with Gasteiger partial charge in [0.25, 0.3) is 0 Å². The van der Waals surface area contributed by atoms with Crippen LogP contribution in [0.25, 0.3) is 0 Å². The fourth-order valence-electron chi connectivity index (χ4n) is 2.87. The maximum Gasteiger partial charge on any atom is 0.238 e. The van der Waals surface area contributed by atoms with Gasteiger partial charge in [-0.25, -0.2) is 0 Å². The number of fused-ring (bicyclic) bond motifs is 1. The second kappa shape index (κ2) is 8.94. The molecule has 132 valence electrons. The van der Waals surface area contributed by atoms with E-state index in [1.807, 2.05) is 6.07 Å². The lowest BCUT2D eigenvalue weighted by Gasteiger charge is -2.23. The first-order chi connectivity index (χ1) is 11.1. The van der Waals surface area contributed by atoms with E-state index < -0.39 is 5.25 Å². The molecule has 2 amide bonds. The Kier molecular flexibility index (Phi) is 7.22. The predicted molar refractivity (Wildman–Crippen MR) is 100 cm³/mol. The molecule has 2 aliphatic rings. The fourth-order valence-corrected chi connectivity index (χ4v) is 4.14. The molecule has 24 heavy (non-hydrogen) atoms. The second-order valence-corrected chi connectivity index (χ2v) is 7.62. The van der Waals surface area contributed by atoms with Crippen LogP contribution >= 0.6 is 35.8 Å². The van der Waals surface area contributed by atoms with E-state index in [1.54, 1.807) is 12.1 Å². The van der Waals surface area contributed by atoms with Gasteiger partial charge < -0.3 is 16.0 Å². The summed E-state index contributed by atoms with van der Waals surface area (Å²) in [4.78, 5) is 25.1. The number of amides is 2. The van der Waals surface area contributed by atoms with E-state index in [-0.39, 0.29) is 30.6 Å². The van der Waals surface area contributed by atoms with Gasteiger partial charge in [-0.05, 0) is 50.0 Å². The molecule has 2 atom stereocenters. The Balaban J connectivity index is 0.00000208. The molecular weight excluding hydrogens is 369 g/mol. The molecule has 0 aromatic heterocycles. The van der Waals surface area contributed by atoms with Crippen LogP contribution in [0.4, 0.5) is 5.69 Å². The smallest absolute Gasteiger partial charge is 0.238 e. The summed E-state index contributed by atoms with van der Waals surface area (Å²) in [5.41, 5.74) is 0.720. The number of halogens is 2. The van der Waals surface area contributed by atoms with Crippen molar-refractivity contribution < 1.29 is 9.59 Å². The van der Waals surface area contributed by atoms with Crippen molar-refractivity contribution in [3.8, 4) is 0 Å². The zero-order valence-corrected chi connectivity index (χ0v) is 15.5. The first kappa shape index (κ1) is 19.4. The summed E-state index contributed by atoms with van der Waals surface area (Å²) < 4.78 is 0. The average Bonchev–Trinajstić information content (AvgIpc) is 3.01. The van der Waals surface area contributed by atoms with Gasteiger partial charge in [-0.2, -0.15) is 0 Å². The summed E-state index contributed by atoms with van der Waals surface area (Å²) in [5, 5.41) is 9.26. The van der Waals surface area contributed by atoms with Gasteiger partial charge in [-0.15, -0.1) is 24.2 Å². The SMILES string of the molecule is Cl.O=C(CC1Sc2ccc(Cl)cc2NC1=O)NCCC1CCNC1. The number of rotatable bonds is 5. The van der Waals surface area contributed by atoms with Gasteiger partial charge in [0.05, 0.1) is 10.9 Å². The minimum Gasteiger partial charge on any atom is -0.356 e. The Morgan fingerprint density at radius 3 is 3.00 bits per heavy atom. The highest BCUT2D eigenvalue weighted by molar-refractivity contribution is 8.01. The number of carbonyl (C=O) groups excluding carboxylic acids is 2. The minimum absolute atomic E-state index is 0. The summed E-state index contributed by atoms with van der Waals surface area (Å²) >= 11 is 7.35. The van der Waals surface area contributed by atoms with Crippen LogP contribution in [-0.4, -0.2) is 36.7 Å². The van der Waals surface area contributed by atoms with Crippen LogP contribution in [0.3, 0.4) is 0 Å². The number of benzene rings is 1. The van der Waals surface area contributed by atoms with Crippen LogP contribution in [0.1, 0.15) is 19.3 Å². The van der Waals surface area contributed by atoms with Crippen molar-refractivity contribution in [3.05, 3.63) is 23.2 Å². The number of carbonyl (C=O) groups is 2. The summed E-state index contributed by atoms with van der Waals surface area (Å²) in [6.07, 6.45) is 2.36. The van der Waals surface area contributed by atoms with Crippen LogP contribution in [0.15, 0.2) is 23.1 Å². The summed E-state index contributed by atoms with van der Waals surface area (Å²) in [6, 6.07) is 5.39. The maximum atomic E-state index is 12.1. The molecule has 1 aromatic carbocycles. The van der Waals surface area contributed by atoms with Crippen LogP contribution in [0.5, 0.6) is 0 Å². The van der Waals surface area contributed by atoms with Gasteiger partial charge >= 0.3 is 0 Å². The first-order valence-electron chi connectivity index (χ1n) is 7.86. The summed E-state index contributed by atoms with van der Waals surface area (Å²) in [6.45, 7) is 2.79. The molecule has 0 aliphatic carbocycles. The predicted octanol–water partition coefficient (Wildman–Crippen LogP) is 2.68. The fraction of sp³-hybridized carbons (Fsp3) is 0.500. The largest absolute Gasteiger partial charge is 0.356 e. The highest BCUT2D eigenvalue weighted by atomic mass is 35.5. The molecule has 2 unspecified atom stereocenters. The molecule has 1 saturated heterocycles. The van der Waals surface area contributed by atoms with Gasteiger partial charge in [0, 0.05) is 22.9 Å². The highest BCUT2D eigenvalue weighted by Crippen LogP contribution is 2.38. The molecule has 1 aromatic rings. The molecule has 2 heterocycles. The second-order valence-electron chi connectivity index (χ2n) is 5.94. The number of nitrogens with one attached hydrogen (secondary N) is 3. The minimum atomic E-state index is -0.392. The topological polar surface area (TPSA) is 70.2 Å². The van der Waals surface area contributed by atoms with Crippen LogP contribution in [0.2, 0.25) is 5.02 Å². The van der Waals surface area contributed by atoms with E-state index in [2.05, 4.69) is 16.0 Å². The molecule has 5 nitrogen and oxygen atoms in total. The van der Waals surface area contributed by atoms with E-state index in [9.17, 15) is 9.59 Å². The van der Waals surface area contributed by atoms with Crippen molar-refractivity contribution in [1.82, 2.24) is 10.6 Å². The van der Waals surface area contributed by atoms with Gasteiger partial charge in [-0.1, -0.05) is 11.6 Å². The van der Waals surface area contributed by atoms with Crippen LogP contribution < -0.4 is 16.0 Å². The third-order valence-corrected chi connectivity index (χ3v) is 5.68. The summed E-state index contributed by atoms with van der Waals surface area (Å²) in [7, 11) is 0. The summed E-state index contributed by atoms with van der Waals surface area (Å²) in [5.74, 6) is 0.445. The Bertz CT molecular complexity index is 609. The van der Waals surface area contributed by atoms with E-state index in [4.69, 9.17) is 11.6 Å². The van der Waals surface area contributed by atoms with E-state index in [1.165, 1.54) is 18.2 Å². The van der Waals surface area contributed by atoms with E-state index in [0.29, 0.717) is 17.5 Å². The van der Waals surface area contributed by atoms with Gasteiger partial charge in [0.15, 0.2) is 0 Å². The Morgan fingerprint density at radius 1 is 1.42 bits per heavy atom. The zero-order valence-electron chi connectivity index (χ0n) is 13.1. The number of anilines is 1. The quantitative estimate of drug-likeness (QED) is 0.723. The molecule has 8 heteroatoms. The number of hydrogen-bond donors (Lipinski definition) is 3. The number of thioether (sulfide) groups is 1. The molecule has 0 radical (unpaired) electrons. The standard InChI is InChI=1S/C16H20ClN3O2S.ClH/c17-11-1-2-13-12(7-11)20-16(22)14(23-13)8-15(21)19-6-4-10-3-5-18-9-10;/h1-2,7,10,14,18H,3-6,8-9H2,(H,19,21)(H,20,22);1H. The zero-order chi connectivity index (χ0) is 16.2. The maximum absolute atomic E-state index is 12.1. The highest BCUT2D eigenvalue weighted by Gasteiger charge is 2.29. The van der Waals surface area contributed by atoms with Crippen LogP contribution in [0, 0.1) is 5.92 Å². The average molecular weight is 390 g/mol. The molecular formula is C16H21Cl2N3O2S. The molecule has 1 fully saturated rings. The van der Waals surface area contributed by atoms with Crippen molar-refractivity contribution in [1.29, 1.82) is 0 Å².